The van der Waals surface area contributed by atoms with Gasteiger partial charge in [-0.25, -0.2) is 5.48 Å². The maximum absolute atomic E-state index is 13.0. The summed E-state index contributed by atoms with van der Waals surface area (Å²) in [6, 6.07) is 7.48. The van der Waals surface area contributed by atoms with Crippen LogP contribution in [0.1, 0.15) is 57.4 Å². The summed E-state index contributed by atoms with van der Waals surface area (Å²) in [6.07, 6.45) is 4.19. The summed E-state index contributed by atoms with van der Waals surface area (Å²) in [7, 11) is 0. The van der Waals surface area contributed by atoms with Crippen LogP contribution in [-0.2, 0) is 19.1 Å². The first kappa shape index (κ1) is 24.6. The molecule has 1 heterocycles. The highest BCUT2D eigenvalue weighted by Crippen LogP contribution is 2.34. The van der Waals surface area contributed by atoms with E-state index in [1.54, 1.807) is 11.3 Å². The zero-order chi connectivity index (χ0) is 22.9. The van der Waals surface area contributed by atoms with Gasteiger partial charge in [-0.1, -0.05) is 25.1 Å². The molecule has 1 aromatic heterocycles. The Morgan fingerprint density at radius 3 is 2.66 bits per heavy atom. The number of thiophene rings is 1. The maximum atomic E-state index is 13.0. The number of carbonyl (C=O) groups is 2. The van der Waals surface area contributed by atoms with E-state index in [2.05, 4.69) is 12.2 Å². The molecule has 0 radical (unpaired) electrons. The highest BCUT2D eigenvalue weighted by atomic mass is 32.1. The number of rotatable bonds is 11. The topological polar surface area (TPSA) is 96.9 Å². The lowest BCUT2D eigenvalue weighted by molar-refractivity contribution is -0.132. The van der Waals surface area contributed by atoms with Crippen molar-refractivity contribution < 1.29 is 24.3 Å². The van der Waals surface area contributed by atoms with E-state index in [0.717, 1.165) is 41.3 Å². The van der Waals surface area contributed by atoms with Crippen LogP contribution in [0.4, 0.5) is 0 Å². The molecule has 8 heteroatoms. The number of carbonyl (C=O) groups excluding carboxylic acids is 2. The van der Waals surface area contributed by atoms with Crippen LogP contribution < -0.4 is 10.8 Å². The van der Waals surface area contributed by atoms with Gasteiger partial charge in [-0.15, -0.1) is 11.3 Å². The average molecular weight is 463 g/mol. The van der Waals surface area contributed by atoms with Gasteiger partial charge < -0.3 is 14.8 Å². The Kier molecular flexibility index (Phi) is 9.47. The van der Waals surface area contributed by atoms with E-state index in [0.29, 0.717) is 18.9 Å². The number of ether oxygens (including phenoxy) is 2. The summed E-state index contributed by atoms with van der Waals surface area (Å²) in [5.41, 5.74) is 2.65. The van der Waals surface area contributed by atoms with Gasteiger partial charge in [0.25, 0.3) is 5.91 Å². The molecule has 1 aromatic carbocycles. The Morgan fingerprint density at radius 1 is 1.19 bits per heavy atom. The highest BCUT2D eigenvalue weighted by Gasteiger charge is 2.30. The summed E-state index contributed by atoms with van der Waals surface area (Å²) in [4.78, 5) is 25.6. The zero-order valence-electron chi connectivity index (χ0n) is 18.8. The van der Waals surface area contributed by atoms with E-state index in [9.17, 15) is 14.8 Å². The van der Waals surface area contributed by atoms with Crippen LogP contribution in [0.25, 0.3) is 10.1 Å². The predicted octanol–water partition coefficient (Wildman–Crippen LogP) is 4.20. The number of fused-ring (bicyclic) bond motifs is 1. The first-order valence-electron chi connectivity index (χ1n) is 11.4. The van der Waals surface area contributed by atoms with Gasteiger partial charge >= 0.3 is 0 Å². The van der Waals surface area contributed by atoms with Crippen molar-refractivity contribution in [3.63, 3.8) is 0 Å². The first-order valence-corrected chi connectivity index (χ1v) is 12.3. The first-order chi connectivity index (χ1) is 15.5. The molecule has 0 bridgehead atoms. The lowest BCUT2D eigenvalue weighted by atomic mass is 9.82. The van der Waals surface area contributed by atoms with E-state index in [4.69, 9.17) is 9.47 Å². The number of hydroxylamine groups is 1. The average Bonchev–Trinajstić information content (AvgIpc) is 3.23. The number of nitrogens with one attached hydrogen (secondary N) is 2. The second-order valence-electron chi connectivity index (χ2n) is 8.60. The largest absolute Gasteiger partial charge is 0.356 e. The maximum Gasteiger partial charge on any atom is 0.251 e. The Balaban J connectivity index is 1.76. The number of hydrogen-bond donors (Lipinski definition) is 3. The van der Waals surface area contributed by atoms with Crippen LogP contribution in [0.3, 0.4) is 0 Å². The number of amides is 2. The lowest BCUT2D eigenvalue weighted by Crippen LogP contribution is -2.44. The van der Waals surface area contributed by atoms with Crippen molar-refractivity contribution in [2.45, 2.75) is 57.9 Å². The van der Waals surface area contributed by atoms with E-state index in [1.807, 2.05) is 42.0 Å². The smallest absolute Gasteiger partial charge is 0.251 e. The van der Waals surface area contributed by atoms with Crippen molar-refractivity contribution in [3.8, 4) is 0 Å². The van der Waals surface area contributed by atoms with Gasteiger partial charge in [0.2, 0.25) is 5.91 Å². The molecule has 176 valence electrons. The third-order valence-electron chi connectivity index (χ3n) is 6.26. The number of hydrogen-bond acceptors (Lipinski definition) is 6. The molecule has 3 rings (SSSR count). The summed E-state index contributed by atoms with van der Waals surface area (Å²) in [6.45, 7) is 5.00. The van der Waals surface area contributed by atoms with Crippen LogP contribution in [0.2, 0.25) is 0 Å². The van der Waals surface area contributed by atoms with Crippen molar-refractivity contribution in [3.05, 3.63) is 35.2 Å². The third kappa shape index (κ3) is 6.51. The van der Waals surface area contributed by atoms with Crippen molar-refractivity contribution in [1.82, 2.24) is 10.8 Å². The molecule has 1 aliphatic rings. The third-order valence-corrected chi connectivity index (χ3v) is 7.24. The molecule has 0 saturated heterocycles. The molecule has 1 aliphatic carbocycles. The molecule has 2 atom stereocenters. The molecular weight excluding hydrogens is 428 g/mol. The summed E-state index contributed by atoms with van der Waals surface area (Å²) >= 11 is 1.56. The van der Waals surface area contributed by atoms with E-state index in [1.165, 1.54) is 0 Å². The molecule has 2 aromatic rings. The normalized spacial score (nSPS) is 20.6. The molecule has 32 heavy (non-hydrogen) atoms. The highest BCUT2D eigenvalue weighted by molar-refractivity contribution is 7.17. The van der Waals surface area contributed by atoms with Crippen molar-refractivity contribution in [2.75, 3.05) is 20.0 Å². The molecule has 0 aliphatic heterocycles. The second-order valence-corrected chi connectivity index (χ2v) is 9.51. The molecule has 7 nitrogen and oxygen atoms in total. The quantitative estimate of drug-likeness (QED) is 0.201. The van der Waals surface area contributed by atoms with Crippen molar-refractivity contribution in [2.24, 2.45) is 11.8 Å². The van der Waals surface area contributed by atoms with Gasteiger partial charge in [0.05, 0.1) is 18.6 Å². The minimum Gasteiger partial charge on any atom is -0.356 e. The van der Waals surface area contributed by atoms with Crippen LogP contribution >= 0.6 is 11.3 Å². The fraction of sp³-hybridized carbons (Fsp3) is 0.583. The van der Waals surface area contributed by atoms with Crippen LogP contribution in [-0.4, -0.2) is 43.1 Å². The molecule has 2 amide bonds. The van der Waals surface area contributed by atoms with E-state index < -0.39 is 11.8 Å². The van der Waals surface area contributed by atoms with Crippen LogP contribution in [0.15, 0.2) is 29.6 Å². The van der Waals surface area contributed by atoms with Gasteiger partial charge in [-0.2, -0.15) is 0 Å². The van der Waals surface area contributed by atoms with Crippen molar-refractivity contribution >= 4 is 33.2 Å². The summed E-state index contributed by atoms with van der Waals surface area (Å²) < 4.78 is 12.0. The standard InChI is InChI=1S/C24H34N2O5S/c1-3-30-15-31-13-18(25-23(27)17-10-8-16(2)9-11-17)12-20(24(28)26-29)21-14-32-22-7-5-4-6-19(21)22/h4-7,14,16-18,20,29H,3,8-13,15H2,1-2H3,(H,25,27)(H,26,28)/t16-,17-,18-,20-/m0/s1. The SMILES string of the molecule is CCOCOC[C@H](C[C@H](C(=O)NO)c1csc2ccccc12)NC(=O)[C@H]1CC[C@H](C)CC1. The predicted molar refractivity (Wildman–Crippen MR) is 125 cm³/mol. The minimum atomic E-state index is -0.622. The Morgan fingerprint density at radius 2 is 1.94 bits per heavy atom. The van der Waals surface area contributed by atoms with Crippen LogP contribution in [0.5, 0.6) is 0 Å². The van der Waals surface area contributed by atoms with E-state index in [-0.39, 0.29) is 31.3 Å². The van der Waals surface area contributed by atoms with Gasteiger partial charge in [-0.05, 0) is 67.3 Å². The van der Waals surface area contributed by atoms with Gasteiger partial charge in [0.15, 0.2) is 0 Å². The fourth-order valence-corrected chi connectivity index (χ4v) is 5.36. The van der Waals surface area contributed by atoms with E-state index >= 15 is 0 Å². The Labute approximate surface area is 193 Å². The lowest BCUT2D eigenvalue weighted by Gasteiger charge is -2.29. The van der Waals surface area contributed by atoms with Crippen molar-refractivity contribution in [1.29, 1.82) is 0 Å². The molecule has 1 fully saturated rings. The fourth-order valence-electron chi connectivity index (χ4n) is 4.35. The zero-order valence-corrected chi connectivity index (χ0v) is 19.7. The second kappa shape index (κ2) is 12.3. The molecule has 0 unspecified atom stereocenters. The van der Waals surface area contributed by atoms with Gasteiger partial charge in [0.1, 0.15) is 6.79 Å². The monoisotopic (exact) mass is 462 g/mol. The Hall–Kier alpha value is -2.00. The molecule has 1 saturated carbocycles. The Bertz CT molecular complexity index is 878. The van der Waals surface area contributed by atoms with Crippen LogP contribution in [0, 0.1) is 11.8 Å². The molecule has 3 N–H and O–H groups in total. The molecule has 0 spiro atoms. The van der Waals surface area contributed by atoms with Gasteiger partial charge in [-0.3, -0.25) is 14.8 Å². The number of benzene rings is 1. The minimum absolute atomic E-state index is 0.00677. The summed E-state index contributed by atoms with van der Waals surface area (Å²) in [5.74, 6) is -0.450. The van der Waals surface area contributed by atoms with Gasteiger partial charge in [0, 0.05) is 17.2 Å². The molecular formula is C24H34N2O5S. The summed E-state index contributed by atoms with van der Waals surface area (Å²) in [5, 5.41) is 15.5.